The number of carbonyl (C=O) groups excluding carboxylic acids is 1. The number of rotatable bonds is 5. The molecule has 0 radical (unpaired) electrons. The summed E-state index contributed by atoms with van der Waals surface area (Å²) in [5.41, 5.74) is 0. The minimum Gasteiger partial charge on any atom is -0.480 e. The van der Waals surface area contributed by atoms with E-state index in [9.17, 15) is 9.59 Å². The van der Waals surface area contributed by atoms with E-state index in [4.69, 9.17) is 11.5 Å². The van der Waals surface area contributed by atoms with Gasteiger partial charge < -0.3 is 15.3 Å². The fourth-order valence-corrected chi connectivity index (χ4v) is 1.16. The fourth-order valence-electron chi connectivity index (χ4n) is 1.16. The van der Waals surface area contributed by atoms with Crippen molar-refractivity contribution in [3.63, 3.8) is 0 Å². The summed E-state index contributed by atoms with van der Waals surface area (Å²) in [4.78, 5) is 23.6. The van der Waals surface area contributed by atoms with E-state index in [1.165, 1.54) is 11.9 Å². The molecule has 0 saturated carbocycles. The first-order chi connectivity index (χ1) is 7.38. The predicted molar refractivity (Wildman–Crippen MR) is 60.9 cm³/mol. The average Bonchev–Trinajstić information content (AvgIpc) is 2.16. The Kier molecular flexibility index (Phi) is 6.01. The lowest BCUT2D eigenvalue weighted by Crippen LogP contribution is -2.47. The zero-order valence-corrected chi connectivity index (χ0v) is 9.86. The molecular weight excluding hydrogens is 208 g/mol. The quantitative estimate of drug-likeness (QED) is 0.680. The minimum absolute atomic E-state index is 0.153. The molecule has 0 unspecified atom stereocenters. The van der Waals surface area contributed by atoms with E-state index in [0.717, 1.165) is 0 Å². The molecule has 0 aromatic rings. The van der Waals surface area contributed by atoms with Gasteiger partial charge in [-0.25, -0.2) is 9.59 Å². The molecule has 1 atom stereocenters. The van der Waals surface area contributed by atoms with Crippen LogP contribution in [-0.2, 0) is 4.79 Å². The Morgan fingerprint density at radius 2 is 2.06 bits per heavy atom. The zero-order chi connectivity index (χ0) is 12.7. The van der Waals surface area contributed by atoms with Gasteiger partial charge in [0, 0.05) is 7.05 Å². The number of urea groups is 1. The molecular formula is C11H18N2O3. The second-order valence-electron chi connectivity index (χ2n) is 4.03. The SMILES string of the molecule is C#CCN(C)C(=O)N[C@H](CC(C)C)C(=O)O. The molecule has 0 aliphatic carbocycles. The fraction of sp³-hybridized carbons (Fsp3) is 0.636. The third-order valence-electron chi connectivity index (χ3n) is 1.98. The summed E-state index contributed by atoms with van der Waals surface area (Å²) in [6, 6.07) is -1.33. The van der Waals surface area contributed by atoms with Crippen LogP contribution in [0.1, 0.15) is 20.3 Å². The second-order valence-corrected chi connectivity index (χ2v) is 4.03. The van der Waals surface area contributed by atoms with Crippen LogP contribution in [0.4, 0.5) is 4.79 Å². The molecule has 0 aromatic heterocycles. The number of aliphatic carboxylic acids is 1. The number of carboxylic acids is 1. The van der Waals surface area contributed by atoms with E-state index in [-0.39, 0.29) is 12.5 Å². The highest BCUT2D eigenvalue weighted by Gasteiger charge is 2.22. The van der Waals surface area contributed by atoms with Crippen LogP contribution in [0, 0.1) is 18.3 Å². The van der Waals surface area contributed by atoms with Crippen molar-refractivity contribution in [1.82, 2.24) is 10.2 Å². The van der Waals surface area contributed by atoms with Gasteiger partial charge in [0.05, 0.1) is 6.54 Å². The maximum absolute atomic E-state index is 11.5. The third kappa shape index (κ3) is 5.25. The Bertz CT molecular complexity index is 294. The number of amides is 2. The van der Waals surface area contributed by atoms with Crippen LogP contribution in [0.25, 0.3) is 0 Å². The molecule has 0 spiro atoms. The summed E-state index contributed by atoms with van der Waals surface area (Å²) in [6.45, 7) is 3.94. The number of carbonyl (C=O) groups is 2. The summed E-state index contributed by atoms with van der Waals surface area (Å²) >= 11 is 0. The van der Waals surface area contributed by atoms with Crippen LogP contribution in [0.5, 0.6) is 0 Å². The van der Waals surface area contributed by atoms with Crippen molar-refractivity contribution in [2.45, 2.75) is 26.3 Å². The highest BCUT2D eigenvalue weighted by atomic mass is 16.4. The molecule has 5 nitrogen and oxygen atoms in total. The van der Waals surface area contributed by atoms with Crippen LogP contribution < -0.4 is 5.32 Å². The third-order valence-corrected chi connectivity index (χ3v) is 1.98. The largest absolute Gasteiger partial charge is 0.480 e. The molecule has 5 heteroatoms. The average molecular weight is 226 g/mol. The number of nitrogens with zero attached hydrogens (tertiary/aromatic N) is 1. The standard InChI is InChI=1S/C11H18N2O3/c1-5-6-13(4)11(16)12-9(10(14)15)7-8(2)3/h1,8-9H,6-7H2,2-4H3,(H,12,16)(H,14,15)/t9-/m1/s1. The predicted octanol–water partition coefficient (Wildman–Crippen LogP) is 0.760. The maximum Gasteiger partial charge on any atom is 0.326 e. The molecule has 90 valence electrons. The Balaban J connectivity index is 4.35. The smallest absolute Gasteiger partial charge is 0.326 e. The first-order valence-corrected chi connectivity index (χ1v) is 5.06. The van der Waals surface area contributed by atoms with Crippen molar-refractivity contribution in [2.24, 2.45) is 5.92 Å². The van der Waals surface area contributed by atoms with Crippen molar-refractivity contribution in [1.29, 1.82) is 0 Å². The maximum atomic E-state index is 11.5. The molecule has 0 aliphatic rings. The van der Waals surface area contributed by atoms with Gasteiger partial charge in [-0.2, -0.15) is 0 Å². The van der Waals surface area contributed by atoms with Crippen molar-refractivity contribution in [3.05, 3.63) is 0 Å². The summed E-state index contributed by atoms with van der Waals surface area (Å²) in [7, 11) is 1.52. The number of hydrogen-bond acceptors (Lipinski definition) is 2. The monoisotopic (exact) mass is 226 g/mol. The lowest BCUT2D eigenvalue weighted by atomic mass is 10.0. The van der Waals surface area contributed by atoms with Gasteiger partial charge in [0.15, 0.2) is 0 Å². The lowest BCUT2D eigenvalue weighted by molar-refractivity contribution is -0.139. The van der Waals surface area contributed by atoms with Crippen molar-refractivity contribution < 1.29 is 14.7 Å². The Morgan fingerprint density at radius 3 is 2.44 bits per heavy atom. The molecule has 2 N–H and O–H groups in total. The molecule has 0 bridgehead atoms. The number of nitrogens with one attached hydrogen (secondary N) is 1. The Morgan fingerprint density at radius 1 is 1.50 bits per heavy atom. The van der Waals surface area contributed by atoms with Gasteiger partial charge in [-0.05, 0) is 12.3 Å². The van der Waals surface area contributed by atoms with Crippen LogP contribution in [-0.4, -0.2) is 41.6 Å². The second kappa shape index (κ2) is 6.72. The van der Waals surface area contributed by atoms with Gasteiger partial charge in [0.2, 0.25) is 0 Å². The molecule has 0 aromatic carbocycles. The summed E-state index contributed by atoms with van der Waals surface area (Å²) in [6.07, 6.45) is 5.44. The zero-order valence-electron chi connectivity index (χ0n) is 9.86. The Hall–Kier alpha value is -1.70. The minimum atomic E-state index is -1.03. The number of hydrogen-bond donors (Lipinski definition) is 2. The van der Waals surface area contributed by atoms with E-state index in [1.54, 1.807) is 0 Å². The molecule has 2 amide bonds. The van der Waals surface area contributed by atoms with E-state index in [0.29, 0.717) is 6.42 Å². The summed E-state index contributed by atoms with van der Waals surface area (Å²) in [5.74, 6) is 1.47. The van der Waals surface area contributed by atoms with Gasteiger partial charge >= 0.3 is 12.0 Å². The molecule has 0 heterocycles. The topological polar surface area (TPSA) is 69.6 Å². The molecule has 0 rings (SSSR count). The summed E-state index contributed by atoms with van der Waals surface area (Å²) < 4.78 is 0. The van der Waals surface area contributed by atoms with Gasteiger partial charge in [0.1, 0.15) is 6.04 Å². The van der Waals surface area contributed by atoms with Crippen molar-refractivity contribution in [2.75, 3.05) is 13.6 Å². The van der Waals surface area contributed by atoms with Crippen LogP contribution in [0.3, 0.4) is 0 Å². The highest BCUT2D eigenvalue weighted by molar-refractivity contribution is 5.82. The molecule has 0 saturated heterocycles. The van der Waals surface area contributed by atoms with Crippen molar-refractivity contribution in [3.8, 4) is 12.3 Å². The first kappa shape index (κ1) is 14.3. The summed E-state index contributed by atoms with van der Waals surface area (Å²) in [5, 5.41) is 11.3. The van der Waals surface area contributed by atoms with E-state index in [1.807, 2.05) is 13.8 Å². The molecule has 16 heavy (non-hydrogen) atoms. The first-order valence-electron chi connectivity index (χ1n) is 5.06. The van der Waals surface area contributed by atoms with E-state index < -0.39 is 18.0 Å². The normalized spacial score (nSPS) is 11.7. The van der Waals surface area contributed by atoms with Crippen LogP contribution in [0.15, 0.2) is 0 Å². The van der Waals surface area contributed by atoms with Crippen molar-refractivity contribution >= 4 is 12.0 Å². The van der Waals surface area contributed by atoms with E-state index in [2.05, 4.69) is 11.2 Å². The molecule has 0 fully saturated rings. The van der Waals surface area contributed by atoms with Gasteiger partial charge in [-0.1, -0.05) is 19.8 Å². The van der Waals surface area contributed by atoms with E-state index >= 15 is 0 Å². The van der Waals surface area contributed by atoms with Gasteiger partial charge in [-0.3, -0.25) is 0 Å². The highest BCUT2D eigenvalue weighted by Crippen LogP contribution is 2.05. The van der Waals surface area contributed by atoms with Gasteiger partial charge in [0.25, 0.3) is 0 Å². The van der Waals surface area contributed by atoms with Crippen LogP contribution >= 0.6 is 0 Å². The molecule has 0 aliphatic heterocycles. The Labute approximate surface area is 95.8 Å². The number of carboxylic acid groups (broad SMARTS) is 1. The van der Waals surface area contributed by atoms with Crippen LogP contribution in [0.2, 0.25) is 0 Å². The lowest BCUT2D eigenvalue weighted by Gasteiger charge is -2.20. The van der Waals surface area contributed by atoms with Gasteiger partial charge in [-0.15, -0.1) is 6.42 Å². The number of terminal acetylenes is 1.